The second kappa shape index (κ2) is 4.97. The van der Waals surface area contributed by atoms with E-state index in [0.717, 1.165) is 0 Å². The average molecular weight is 194 g/mol. The molecular weight excluding hydrogens is 184 g/mol. The van der Waals surface area contributed by atoms with E-state index >= 15 is 0 Å². The summed E-state index contributed by atoms with van der Waals surface area (Å²) in [7, 11) is 1.34. The van der Waals surface area contributed by atoms with Gasteiger partial charge in [0, 0.05) is 7.11 Å². The molecule has 2 unspecified atom stereocenters. The van der Waals surface area contributed by atoms with Crippen LogP contribution in [0, 0.1) is 0 Å². The Labute approximate surface area is 74.0 Å². The molecule has 0 aromatic rings. The minimum Gasteiger partial charge on any atom is -0.448 e. The summed E-state index contributed by atoms with van der Waals surface area (Å²) in [6, 6.07) is 0. The van der Waals surface area contributed by atoms with Gasteiger partial charge in [-0.1, -0.05) is 0 Å². The van der Waals surface area contributed by atoms with Crippen LogP contribution in [0.4, 0.5) is 4.79 Å². The van der Waals surface area contributed by atoms with E-state index in [9.17, 15) is 4.79 Å². The molecule has 0 radical (unpaired) electrons. The van der Waals surface area contributed by atoms with Crippen molar-refractivity contribution in [2.45, 2.75) is 12.4 Å². The van der Waals surface area contributed by atoms with E-state index in [1.54, 1.807) is 0 Å². The molecule has 1 aliphatic heterocycles. The summed E-state index contributed by atoms with van der Waals surface area (Å²) >= 11 is 0. The van der Waals surface area contributed by atoms with Gasteiger partial charge >= 0.3 is 6.16 Å². The molecule has 0 aromatic carbocycles. The first-order valence-corrected chi connectivity index (χ1v) is 3.52. The van der Waals surface area contributed by atoms with E-state index in [1.165, 1.54) is 7.11 Å². The van der Waals surface area contributed by atoms with Crippen molar-refractivity contribution in [3.8, 4) is 0 Å². The highest BCUT2D eigenvalue weighted by Gasteiger charge is 2.29. The van der Waals surface area contributed by atoms with E-state index in [0.29, 0.717) is 0 Å². The van der Waals surface area contributed by atoms with Crippen LogP contribution in [0.5, 0.6) is 0 Å². The van der Waals surface area contributed by atoms with Crippen molar-refractivity contribution in [2.24, 2.45) is 0 Å². The smallest absolute Gasteiger partial charge is 0.448 e. The number of rotatable bonds is 4. The molecule has 7 nitrogen and oxygen atoms in total. The quantitative estimate of drug-likeness (QED) is 0.381. The fraction of sp³-hybridized carbons (Fsp3) is 0.833. The second-order valence-electron chi connectivity index (χ2n) is 2.24. The van der Waals surface area contributed by atoms with Gasteiger partial charge in [-0.2, -0.15) is 0 Å². The Hall–Kier alpha value is -0.890. The van der Waals surface area contributed by atoms with Gasteiger partial charge < -0.3 is 19.3 Å². The maximum absolute atomic E-state index is 9.96. The molecule has 0 spiro atoms. The van der Waals surface area contributed by atoms with E-state index in [1.807, 2.05) is 0 Å². The molecule has 0 aromatic heterocycles. The molecule has 1 aliphatic rings. The lowest BCUT2D eigenvalue weighted by molar-refractivity contribution is -0.358. The Morgan fingerprint density at radius 2 is 2.46 bits per heavy atom. The molecule has 2 atom stereocenters. The minimum atomic E-state index is -1.54. The van der Waals surface area contributed by atoms with Crippen LogP contribution in [0.15, 0.2) is 0 Å². The zero-order chi connectivity index (χ0) is 9.68. The third-order valence-corrected chi connectivity index (χ3v) is 1.40. The van der Waals surface area contributed by atoms with Gasteiger partial charge in [0.05, 0.1) is 6.61 Å². The lowest BCUT2D eigenvalue weighted by Crippen LogP contribution is -2.33. The van der Waals surface area contributed by atoms with Crippen LogP contribution in [-0.2, 0) is 24.0 Å². The maximum atomic E-state index is 9.96. The number of hydrogen-bond donors (Lipinski definition) is 1. The molecule has 7 heteroatoms. The second-order valence-corrected chi connectivity index (χ2v) is 2.24. The molecule has 1 heterocycles. The van der Waals surface area contributed by atoms with Gasteiger partial charge in [-0.05, 0) is 0 Å². The van der Waals surface area contributed by atoms with Crippen molar-refractivity contribution in [1.82, 2.24) is 0 Å². The van der Waals surface area contributed by atoms with Crippen molar-refractivity contribution in [1.29, 1.82) is 0 Å². The van der Waals surface area contributed by atoms with Crippen LogP contribution in [-0.4, -0.2) is 44.2 Å². The lowest BCUT2D eigenvalue weighted by atomic mass is 10.4. The fourth-order valence-electron chi connectivity index (χ4n) is 0.847. The van der Waals surface area contributed by atoms with Crippen molar-refractivity contribution in [2.75, 3.05) is 20.5 Å². The van der Waals surface area contributed by atoms with Gasteiger partial charge in [0.25, 0.3) is 0 Å². The van der Waals surface area contributed by atoms with Gasteiger partial charge in [0.1, 0.15) is 12.9 Å². The Kier molecular flexibility index (Phi) is 3.90. The summed E-state index contributed by atoms with van der Waals surface area (Å²) in [5, 5.41) is 8.13. The van der Waals surface area contributed by atoms with Crippen LogP contribution in [0.1, 0.15) is 0 Å². The normalized spacial score (nSPS) is 24.2. The average Bonchev–Trinajstić information content (AvgIpc) is 2.58. The number of ether oxygens (including phenoxy) is 3. The summed E-state index contributed by atoms with van der Waals surface area (Å²) in [6.07, 6.45) is -2.91. The van der Waals surface area contributed by atoms with Crippen molar-refractivity contribution in [3.05, 3.63) is 0 Å². The number of methoxy groups -OCH3 is 1. The molecule has 0 amide bonds. The molecule has 0 saturated carbocycles. The zero-order valence-corrected chi connectivity index (χ0v) is 6.97. The van der Waals surface area contributed by atoms with Gasteiger partial charge in [-0.3, -0.25) is 4.89 Å². The largest absolute Gasteiger partial charge is 0.538 e. The standard InChI is InChI=1S/C6H10O7/c1-9-5(12-13-6(7)8)4-2-10-3-11-4/h4-5H,2-3H2,1H3,(H,7,8). The Morgan fingerprint density at radius 3 is 2.92 bits per heavy atom. The third-order valence-electron chi connectivity index (χ3n) is 1.40. The van der Waals surface area contributed by atoms with Crippen LogP contribution < -0.4 is 0 Å². The van der Waals surface area contributed by atoms with Crippen molar-refractivity contribution < 1.29 is 33.9 Å². The Morgan fingerprint density at radius 1 is 1.69 bits per heavy atom. The molecule has 0 bridgehead atoms. The molecule has 1 rings (SSSR count). The monoisotopic (exact) mass is 194 g/mol. The zero-order valence-electron chi connectivity index (χ0n) is 6.97. The minimum absolute atomic E-state index is 0.140. The molecule has 76 valence electrons. The number of hydrogen-bond acceptors (Lipinski definition) is 6. The first-order chi connectivity index (χ1) is 6.24. The lowest BCUT2D eigenvalue weighted by Gasteiger charge is -2.17. The summed E-state index contributed by atoms with van der Waals surface area (Å²) < 4.78 is 14.6. The maximum Gasteiger partial charge on any atom is 0.538 e. The topological polar surface area (TPSA) is 83.5 Å². The summed E-state index contributed by atoms with van der Waals surface area (Å²) in [5.41, 5.74) is 0. The highest BCUT2D eigenvalue weighted by atomic mass is 17.2. The SMILES string of the molecule is COC(OOC(=O)O)C1COCO1. The Balaban J connectivity index is 2.28. The van der Waals surface area contributed by atoms with Crippen molar-refractivity contribution in [3.63, 3.8) is 0 Å². The predicted octanol–water partition coefficient (Wildman–Crippen LogP) is -0.0420. The number of carbonyl (C=O) groups is 1. The molecule has 13 heavy (non-hydrogen) atoms. The molecule has 1 fully saturated rings. The summed E-state index contributed by atoms with van der Waals surface area (Å²) in [4.78, 5) is 18.2. The van der Waals surface area contributed by atoms with Crippen LogP contribution in [0.2, 0.25) is 0 Å². The summed E-state index contributed by atoms with van der Waals surface area (Å²) in [5.74, 6) is 0. The highest BCUT2D eigenvalue weighted by molar-refractivity contribution is 5.55. The van der Waals surface area contributed by atoms with Crippen LogP contribution >= 0.6 is 0 Å². The first-order valence-electron chi connectivity index (χ1n) is 3.52. The third kappa shape index (κ3) is 3.15. The van der Waals surface area contributed by atoms with Gasteiger partial charge in [-0.25, -0.2) is 4.79 Å². The van der Waals surface area contributed by atoms with Gasteiger partial charge in [0.2, 0.25) is 6.29 Å². The van der Waals surface area contributed by atoms with Crippen LogP contribution in [0.3, 0.4) is 0 Å². The van der Waals surface area contributed by atoms with E-state index < -0.39 is 18.5 Å². The molecule has 0 aliphatic carbocycles. The van der Waals surface area contributed by atoms with E-state index in [2.05, 4.69) is 9.78 Å². The number of carboxylic acid groups (broad SMARTS) is 1. The fourth-order valence-corrected chi connectivity index (χ4v) is 0.847. The highest BCUT2D eigenvalue weighted by Crippen LogP contribution is 2.11. The molecule has 1 saturated heterocycles. The van der Waals surface area contributed by atoms with E-state index in [4.69, 9.17) is 19.3 Å². The first kappa shape index (κ1) is 10.2. The molecule has 1 N–H and O–H groups in total. The van der Waals surface area contributed by atoms with Gasteiger partial charge in [-0.15, -0.1) is 4.89 Å². The van der Waals surface area contributed by atoms with E-state index in [-0.39, 0.29) is 13.4 Å². The van der Waals surface area contributed by atoms with Crippen LogP contribution in [0.25, 0.3) is 0 Å². The predicted molar refractivity (Wildman–Crippen MR) is 36.7 cm³/mol. The Bertz CT molecular complexity index is 164. The molecular formula is C6H10O7. The van der Waals surface area contributed by atoms with Crippen molar-refractivity contribution >= 4 is 6.16 Å². The summed E-state index contributed by atoms with van der Waals surface area (Å²) in [6.45, 7) is 0.419. The van der Waals surface area contributed by atoms with Gasteiger partial charge in [0.15, 0.2) is 0 Å².